The first-order valence-corrected chi connectivity index (χ1v) is 9.27. The molecule has 0 aliphatic heterocycles. The summed E-state index contributed by atoms with van der Waals surface area (Å²) in [4.78, 5) is 0. The first-order chi connectivity index (χ1) is 9.48. The van der Waals surface area contributed by atoms with Crippen LogP contribution in [0.2, 0.25) is 0 Å². The molecule has 0 aromatic rings. The molecule has 0 aliphatic carbocycles. The molecule has 0 heterocycles. The smallest absolute Gasteiger partial charge is 0.0298 e. The van der Waals surface area contributed by atoms with Crippen molar-refractivity contribution in [3.8, 4) is 0 Å². The van der Waals surface area contributed by atoms with E-state index in [-0.39, 0.29) is 0 Å². The summed E-state index contributed by atoms with van der Waals surface area (Å²) in [7, 11) is 0. The van der Waals surface area contributed by atoms with E-state index in [1.165, 1.54) is 83.5 Å². The van der Waals surface area contributed by atoms with Crippen molar-refractivity contribution in [1.82, 2.24) is 0 Å². The molecule has 0 bridgehead atoms. The summed E-state index contributed by atoms with van der Waals surface area (Å²) >= 11 is 0. The third-order valence-corrected chi connectivity index (χ3v) is 4.29. The predicted molar refractivity (Wildman–Crippen MR) is 94.1 cm³/mol. The van der Waals surface area contributed by atoms with Gasteiger partial charge in [0.1, 0.15) is 0 Å². The molecule has 0 atom stereocenters. The summed E-state index contributed by atoms with van der Waals surface area (Å²) in [5, 5.41) is 0. The van der Waals surface area contributed by atoms with Crippen LogP contribution < -0.4 is 0 Å². The SMILES string of the molecule is CCCCCCCCCCCCCC(C)(C)C[C](C)C. The van der Waals surface area contributed by atoms with Gasteiger partial charge in [-0.1, -0.05) is 105 Å². The quantitative estimate of drug-likeness (QED) is 0.286. The third-order valence-electron chi connectivity index (χ3n) is 4.29. The van der Waals surface area contributed by atoms with E-state index in [2.05, 4.69) is 34.6 Å². The Labute approximate surface area is 130 Å². The molecule has 0 spiro atoms. The van der Waals surface area contributed by atoms with Gasteiger partial charge in [-0.25, -0.2) is 0 Å². The predicted octanol–water partition coefficient (Wildman–Crippen LogP) is 7.72. The Morgan fingerprint density at radius 3 is 1.45 bits per heavy atom. The minimum Gasteiger partial charge on any atom is -0.0654 e. The van der Waals surface area contributed by atoms with Gasteiger partial charge in [0.2, 0.25) is 0 Å². The van der Waals surface area contributed by atoms with Crippen LogP contribution in [0.3, 0.4) is 0 Å². The van der Waals surface area contributed by atoms with Crippen molar-refractivity contribution in [2.24, 2.45) is 5.41 Å². The Hall–Kier alpha value is 0. The molecule has 0 fully saturated rings. The second-order valence-electron chi connectivity index (χ2n) is 7.83. The normalized spacial score (nSPS) is 12.3. The lowest BCUT2D eigenvalue weighted by Crippen LogP contribution is -2.13. The molecule has 0 nitrogen and oxygen atoms in total. The highest BCUT2D eigenvalue weighted by Gasteiger charge is 2.18. The van der Waals surface area contributed by atoms with Gasteiger partial charge in [-0.15, -0.1) is 0 Å². The molecule has 0 saturated carbocycles. The van der Waals surface area contributed by atoms with E-state index in [1.54, 1.807) is 5.92 Å². The van der Waals surface area contributed by atoms with Crippen molar-refractivity contribution in [3.05, 3.63) is 5.92 Å². The summed E-state index contributed by atoms with van der Waals surface area (Å²) in [6, 6.07) is 0. The van der Waals surface area contributed by atoms with E-state index < -0.39 is 0 Å². The Morgan fingerprint density at radius 1 is 0.650 bits per heavy atom. The molecule has 0 rings (SSSR count). The van der Waals surface area contributed by atoms with Crippen molar-refractivity contribution >= 4 is 0 Å². The second kappa shape index (κ2) is 12.7. The first-order valence-electron chi connectivity index (χ1n) is 9.27. The van der Waals surface area contributed by atoms with Gasteiger partial charge in [-0.2, -0.15) is 0 Å². The zero-order chi connectivity index (χ0) is 15.3. The summed E-state index contributed by atoms with van der Waals surface area (Å²) in [6.45, 7) is 11.7. The minimum atomic E-state index is 0.526. The van der Waals surface area contributed by atoms with Crippen LogP contribution in [0.5, 0.6) is 0 Å². The largest absolute Gasteiger partial charge is 0.0654 e. The number of rotatable bonds is 14. The third kappa shape index (κ3) is 14.4. The molecule has 0 aromatic carbocycles. The first kappa shape index (κ1) is 20.0. The van der Waals surface area contributed by atoms with Crippen LogP contribution in [-0.4, -0.2) is 0 Å². The van der Waals surface area contributed by atoms with E-state index in [0.29, 0.717) is 5.41 Å². The molecule has 0 amide bonds. The van der Waals surface area contributed by atoms with Crippen LogP contribution in [0.1, 0.15) is 118 Å². The maximum Gasteiger partial charge on any atom is -0.0298 e. The molecule has 0 aromatic heterocycles. The van der Waals surface area contributed by atoms with Crippen molar-refractivity contribution in [3.63, 3.8) is 0 Å². The van der Waals surface area contributed by atoms with Gasteiger partial charge in [0.05, 0.1) is 0 Å². The molecule has 1 radical (unpaired) electrons. The summed E-state index contributed by atoms with van der Waals surface area (Å²) in [5.41, 5.74) is 0.526. The fourth-order valence-corrected chi connectivity index (χ4v) is 3.31. The lowest BCUT2D eigenvalue weighted by Gasteiger charge is -2.26. The average Bonchev–Trinajstić information content (AvgIpc) is 2.34. The van der Waals surface area contributed by atoms with E-state index in [4.69, 9.17) is 0 Å². The van der Waals surface area contributed by atoms with Gasteiger partial charge < -0.3 is 0 Å². The monoisotopic (exact) mass is 281 g/mol. The van der Waals surface area contributed by atoms with Crippen LogP contribution in [0.4, 0.5) is 0 Å². The highest BCUT2D eigenvalue weighted by Crippen LogP contribution is 2.32. The number of hydrogen-bond donors (Lipinski definition) is 0. The standard InChI is InChI=1S/C20H41/c1-6-7-8-9-10-11-12-13-14-15-16-17-20(4,5)18-19(2)3/h6-18H2,1-5H3. The van der Waals surface area contributed by atoms with E-state index >= 15 is 0 Å². The highest BCUT2D eigenvalue weighted by molar-refractivity contribution is 4.85. The lowest BCUT2D eigenvalue weighted by atomic mass is 9.79. The van der Waals surface area contributed by atoms with Crippen molar-refractivity contribution < 1.29 is 0 Å². The fraction of sp³-hybridized carbons (Fsp3) is 0.950. The molecule has 0 unspecified atom stereocenters. The Morgan fingerprint density at radius 2 is 1.05 bits per heavy atom. The summed E-state index contributed by atoms with van der Waals surface area (Å²) in [6.07, 6.45) is 18.6. The molecule has 0 aliphatic rings. The maximum atomic E-state index is 2.43. The van der Waals surface area contributed by atoms with Crippen LogP contribution in [0.15, 0.2) is 0 Å². The molecule has 0 N–H and O–H groups in total. The zero-order valence-electron chi connectivity index (χ0n) is 15.2. The molecular weight excluding hydrogens is 240 g/mol. The van der Waals surface area contributed by atoms with Gasteiger partial charge >= 0.3 is 0 Å². The molecule has 121 valence electrons. The Kier molecular flexibility index (Phi) is 12.7. The second-order valence-corrected chi connectivity index (χ2v) is 7.83. The lowest BCUT2D eigenvalue weighted by molar-refractivity contribution is 0.302. The number of hydrogen-bond acceptors (Lipinski definition) is 0. The zero-order valence-corrected chi connectivity index (χ0v) is 15.2. The van der Waals surface area contributed by atoms with Crippen LogP contribution in [-0.2, 0) is 0 Å². The van der Waals surface area contributed by atoms with Gasteiger partial charge in [0, 0.05) is 0 Å². The maximum absolute atomic E-state index is 2.43. The van der Waals surface area contributed by atoms with Crippen molar-refractivity contribution in [2.45, 2.75) is 118 Å². The van der Waals surface area contributed by atoms with Crippen molar-refractivity contribution in [1.29, 1.82) is 0 Å². The number of unbranched alkanes of at least 4 members (excludes halogenated alkanes) is 10. The topological polar surface area (TPSA) is 0 Å². The van der Waals surface area contributed by atoms with Crippen LogP contribution in [0.25, 0.3) is 0 Å². The van der Waals surface area contributed by atoms with E-state index in [1.807, 2.05) is 0 Å². The van der Waals surface area contributed by atoms with Gasteiger partial charge in [0.25, 0.3) is 0 Å². The highest BCUT2D eigenvalue weighted by atomic mass is 14.2. The van der Waals surface area contributed by atoms with E-state index in [9.17, 15) is 0 Å². The summed E-state index contributed by atoms with van der Waals surface area (Å²) in [5.74, 6) is 1.58. The minimum absolute atomic E-state index is 0.526. The van der Waals surface area contributed by atoms with Gasteiger partial charge in [0.15, 0.2) is 0 Å². The Bertz CT molecular complexity index is 190. The van der Waals surface area contributed by atoms with Crippen molar-refractivity contribution in [2.75, 3.05) is 0 Å². The Balaban J connectivity index is 3.24. The van der Waals surface area contributed by atoms with Gasteiger partial charge in [-0.05, 0) is 24.2 Å². The summed E-state index contributed by atoms with van der Waals surface area (Å²) < 4.78 is 0. The van der Waals surface area contributed by atoms with Crippen LogP contribution in [0, 0.1) is 11.3 Å². The average molecular weight is 282 g/mol. The van der Waals surface area contributed by atoms with Crippen LogP contribution >= 0.6 is 0 Å². The molecule has 20 heavy (non-hydrogen) atoms. The molecule has 0 saturated heterocycles. The van der Waals surface area contributed by atoms with E-state index in [0.717, 1.165) is 0 Å². The fourth-order valence-electron chi connectivity index (χ4n) is 3.31. The van der Waals surface area contributed by atoms with Gasteiger partial charge in [-0.3, -0.25) is 0 Å². The molecular formula is C20H41. The molecule has 0 heteroatoms.